The molecule has 0 spiro atoms. The Morgan fingerprint density at radius 1 is 1.41 bits per heavy atom. The zero-order valence-electron chi connectivity index (χ0n) is 13.6. The summed E-state index contributed by atoms with van der Waals surface area (Å²) in [7, 11) is 0. The van der Waals surface area contributed by atoms with Crippen LogP contribution in [0.15, 0.2) is 24.3 Å². The Balaban J connectivity index is 1.87. The highest BCUT2D eigenvalue weighted by molar-refractivity contribution is 6.30. The predicted molar refractivity (Wildman–Crippen MR) is 91.8 cm³/mol. The maximum atomic E-state index is 12.4. The molecule has 0 saturated heterocycles. The molecule has 1 amide bonds. The zero-order chi connectivity index (χ0) is 16.2. The van der Waals surface area contributed by atoms with E-state index in [2.05, 4.69) is 25.2 Å². The lowest BCUT2D eigenvalue weighted by molar-refractivity contribution is -0.126. The van der Waals surface area contributed by atoms with Crippen LogP contribution in [0.1, 0.15) is 38.7 Å². The summed E-state index contributed by atoms with van der Waals surface area (Å²) < 4.78 is 0. The van der Waals surface area contributed by atoms with Crippen LogP contribution in [-0.4, -0.2) is 19.0 Å². The van der Waals surface area contributed by atoms with Crippen LogP contribution < -0.4 is 11.1 Å². The zero-order valence-corrected chi connectivity index (χ0v) is 14.3. The monoisotopic (exact) mass is 322 g/mol. The molecule has 3 N–H and O–H groups in total. The summed E-state index contributed by atoms with van der Waals surface area (Å²) in [6.45, 7) is 5.63. The lowest BCUT2D eigenvalue weighted by Crippen LogP contribution is -2.40. The van der Waals surface area contributed by atoms with Crippen molar-refractivity contribution in [2.45, 2.75) is 39.5 Å². The number of amides is 1. The van der Waals surface area contributed by atoms with Crippen molar-refractivity contribution in [1.82, 2.24) is 5.32 Å². The van der Waals surface area contributed by atoms with E-state index in [1.165, 1.54) is 5.56 Å². The molecule has 1 aromatic carbocycles. The van der Waals surface area contributed by atoms with E-state index in [4.69, 9.17) is 17.3 Å². The highest BCUT2D eigenvalue weighted by atomic mass is 35.5. The third-order valence-electron chi connectivity index (χ3n) is 4.61. The summed E-state index contributed by atoms with van der Waals surface area (Å²) in [6, 6.07) is 7.92. The highest BCUT2D eigenvalue weighted by Gasteiger charge is 2.32. The Bertz CT molecular complexity index is 516. The van der Waals surface area contributed by atoms with Crippen LogP contribution in [0.2, 0.25) is 5.02 Å². The third-order valence-corrected chi connectivity index (χ3v) is 4.85. The Kier molecular flexibility index (Phi) is 5.87. The lowest BCUT2D eigenvalue weighted by atomic mass is 9.85. The molecule has 0 heterocycles. The number of nitrogens with two attached hydrogens (primary N) is 1. The number of carbonyl (C=O) groups excluding carboxylic acids is 1. The van der Waals surface area contributed by atoms with Gasteiger partial charge in [0.2, 0.25) is 5.91 Å². The van der Waals surface area contributed by atoms with Crippen molar-refractivity contribution < 1.29 is 4.79 Å². The minimum atomic E-state index is -0.00282. The minimum Gasteiger partial charge on any atom is -0.355 e. The number of hydrogen-bond donors (Lipinski definition) is 2. The van der Waals surface area contributed by atoms with E-state index in [9.17, 15) is 4.79 Å². The maximum absolute atomic E-state index is 12.4. The fraction of sp³-hybridized carbons (Fsp3) is 0.611. The molecule has 1 aromatic rings. The van der Waals surface area contributed by atoms with Gasteiger partial charge in [-0.3, -0.25) is 4.79 Å². The lowest BCUT2D eigenvalue weighted by Gasteiger charge is -2.27. The van der Waals surface area contributed by atoms with Crippen molar-refractivity contribution in [3.8, 4) is 0 Å². The molecule has 0 unspecified atom stereocenters. The molecule has 22 heavy (non-hydrogen) atoms. The SMILES string of the molecule is CC(C)(CNC(=O)[C@@H]1CCC[C@@H]1CN)Cc1cccc(Cl)c1. The van der Waals surface area contributed by atoms with Gasteiger partial charge in [0.25, 0.3) is 0 Å². The minimum absolute atomic E-state index is 0.00282. The second-order valence-corrected chi connectivity index (χ2v) is 7.66. The van der Waals surface area contributed by atoms with Crippen LogP contribution >= 0.6 is 11.6 Å². The summed E-state index contributed by atoms with van der Waals surface area (Å²) in [5, 5.41) is 3.89. The number of rotatable bonds is 6. The molecule has 0 aromatic heterocycles. The molecule has 122 valence electrons. The van der Waals surface area contributed by atoms with Crippen molar-refractivity contribution in [2.24, 2.45) is 23.0 Å². The quantitative estimate of drug-likeness (QED) is 0.843. The van der Waals surface area contributed by atoms with Crippen LogP contribution in [0.25, 0.3) is 0 Å². The molecular formula is C18H27ClN2O. The van der Waals surface area contributed by atoms with Gasteiger partial charge in [0.1, 0.15) is 0 Å². The van der Waals surface area contributed by atoms with Gasteiger partial charge in [-0.2, -0.15) is 0 Å². The number of halogens is 1. The second kappa shape index (κ2) is 7.47. The molecule has 1 aliphatic rings. The van der Waals surface area contributed by atoms with Crippen molar-refractivity contribution in [2.75, 3.05) is 13.1 Å². The molecule has 2 atom stereocenters. The highest BCUT2D eigenvalue weighted by Crippen LogP contribution is 2.31. The van der Waals surface area contributed by atoms with Crippen LogP contribution in [0.5, 0.6) is 0 Å². The van der Waals surface area contributed by atoms with Gasteiger partial charge in [-0.05, 0) is 54.8 Å². The number of carbonyl (C=O) groups is 1. The first-order chi connectivity index (χ1) is 10.4. The van der Waals surface area contributed by atoms with E-state index in [-0.39, 0.29) is 17.2 Å². The summed E-state index contributed by atoms with van der Waals surface area (Å²) >= 11 is 6.04. The van der Waals surface area contributed by atoms with Crippen LogP contribution in [0.4, 0.5) is 0 Å². The van der Waals surface area contributed by atoms with Gasteiger partial charge in [-0.1, -0.05) is 44.0 Å². The topological polar surface area (TPSA) is 55.1 Å². The molecular weight excluding hydrogens is 296 g/mol. The summed E-state index contributed by atoms with van der Waals surface area (Å²) in [6.07, 6.45) is 4.06. The van der Waals surface area contributed by atoms with Crippen molar-refractivity contribution in [3.63, 3.8) is 0 Å². The van der Waals surface area contributed by atoms with Crippen LogP contribution in [-0.2, 0) is 11.2 Å². The Hall–Kier alpha value is -1.06. The molecule has 0 bridgehead atoms. The standard InChI is InChI=1S/C18H27ClN2O/c1-18(2,10-13-5-3-7-15(19)9-13)12-21-17(22)16-8-4-6-14(16)11-20/h3,5,7,9,14,16H,4,6,8,10-12,20H2,1-2H3,(H,21,22)/t14-,16-/m1/s1. The van der Waals surface area contributed by atoms with Gasteiger partial charge in [0.15, 0.2) is 0 Å². The molecule has 1 aliphatic carbocycles. The van der Waals surface area contributed by atoms with Crippen molar-refractivity contribution >= 4 is 17.5 Å². The first kappa shape index (κ1) is 17.3. The fourth-order valence-electron chi connectivity index (χ4n) is 3.38. The van der Waals surface area contributed by atoms with E-state index in [1.54, 1.807) is 0 Å². The molecule has 1 saturated carbocycles. The Morgan fingerprint density at radius 3 is 2.86 bits per heavy atom. The van der Waals surface area contributed by atoms with Gasteiger partial charge in [0, 0.05) is 17.5 Å². The predicted octanol–water partition coefficient (Wildman–Crippen LogP) is 3.40. The fourth-order valence-corrected chi connectivity index (χ4v) is 3.60. The Morgan fingerprint density at radius 2 is 2.18 bits per heavy atom. The third kappa shape index (κ3) is 4.72. The maximum Gasteiger partial charge on any atom is 0.223 e. The van der Waals surface area contributed by atoms with Crippen molar-refractivity contribution in [1.29, 1.82) is 0 Å². The molecule has 4 heteroatoms. The largest absolute Gasteiger partial charge is 0.355 e. The van der Waals surface area contributed by atoms with Crippen molar-refractivity contribution in [3.05, 3.63) is 34.9 Å². The Labute approximate surface area is 138 Å². The smallest absolute Gasteiger partial charge is 0.223 e. The van der Waals surface area contributed by atoms with Gasteiger partial charge in [-0.25, -0.2) is 0 Å². The summed E-state index contributed by atoms with van der Waals surface area (Å²) in [5.41, 5.74) is 6.97. The molecule has 0 aliphatic heterocycles. The number of benzene rings is 1. The number of hydrogen-bond acceptors (Lipinski definition) is 2. The average Bonchev–Trinajstić information content (AvgIpc) is 2.93. The van der Waals surface area contributed by atoms with Gasteiger partial charge < -0.3 is 11.1 Å². The van der Waals surface area contributed by atoms with E-state index in [0.717, 1.165) is 30.7 Å². The molecule has 2 rings (SSSR count). The van der Waals surface area contributed by atoms with Gasteiger partial charge >= 0.3 is 0 Å². The number of nitrogens with one attached hydrogen (secondary N) is 1. The van der Waals surface area contributed by atoms with E-state index in [1.807, 2.05) is 18.2 Å². The van der Waals surface area contributed by atoms with Crippen LogP contribution in [0.3, 0.4) is 0 Å². The summed E-state index contributed by atoms with van der Waals surface area (Å²) in [5.74, 6) is 0.634. The molecule has 3 nitrogen and oxygen atoms in total. The first-order valence-electron chi connectivity index (χ1n) is 8.13. The van der Waals surface area contributed by atoms with E-state index >= 15 is 0 Å². The summed E-state index contributed by atoms with van der Waals surface area (Å²) in [4.78, 5) is 12.4. The molecule has 1 fully saturated rings. The normalized spacial score (nSPS) is 21.8. The van der Waals surface area contributed by atoms with Crippen LogP contribution in [0, 0.1) is 17.3 Å². The van der Waals surface area contributed by atoms with E-state index < -0.39 is 0 Å². The van der Waals surface area contributed by atoms with E-state index in [0.29, 0.717) is 19.0 Å². The second-order valence-electron chi connectivity index (χ2n) is 7.22. The first-order valence-corrected chi connectivity index (χ1v) is 8.51. The van der Waals surface area contributed by atoms with Gasteiger partial charge in [-0.15, -0.1) is 0 Å². The van der Waals surface area contributed by atoms with Gasteiger partial charge in [0.05, 0.1) is 0 Å². The average molecular weight is 323 g/mol. The molecule has 0 radical (unpaired) electrons.